The Morgan fingerprint density at radius 3 is 2.04 bits per heavy atom. The highest BCUT2D eigenvalue weighted by Crippen LogP contribution is 2.22. The number of halogens is 2. The molecule has 0 aliphatic rings. The van der Waals surface area contributed by atoms with E-state index in [9.17, 15) is 22.0 Å². The van der Waals surface area contributed by atoms with E-state index in [1.807, 2.05) is 0 Å². The maximum Gasteiger partial charge on any atom is 0.243 e. The maximum atomic E-state index is 13.2. The van der Waals surface area contributed by atoms with E-state index in [-0.39, 0.29) is 24.5 Å². The summed E-state index contributed by atoms with van der Waals surface area (Å²) in [5, 5.41) is 2.72. The van der Waals surface area contributed by atoms with Gasteiger partial charge in [-0.05, 0) is 54.8 Å². The van der Waals surface area contributed by atoms with Crippen molar-refractivity contribution in [2.45, 2.75) is 25.8 Å². The molecule has 1 atom stereocenters. The predicted octanol–water partition coefficient (Wildman–Crippen LogP) is 2.87. The van der Waals surface area contributed by atoms with Crippen LogP contribution in [0.4, 0.5) is 14.5 Å². The Balaban J connectivity index is 2.11. The van der Waals surface area contributed by atoms with Crippen molar-refractivity contribution in [2.24, 2.45) is 0 Å². The average molecular weight is 396 g/mol. The van der Waals surface area contributed by atoms with Gasteiger partial charge in [-0.1, -0.05) is 19.1 Å². The van der Waals surface area contributed by atoms with Crippen molar-refractivity contribution in [3.63, 3.8) is 0 Å². The Hall–Kier alpha value is -2.48. The van der Waals surface area contributed by atoms with Crippen LogP contribution in [0, 0.1) is 11.6 Å². The van der Waals surface area contributed by atoms with Crippen molar-refractivity contribution >= 4 is 21.6 Å². The minimum atomic E-state index is -3.76. The van der Waals surface area contributed by atoms with Crippen LogP contribution < -0.4 is 9.62 Å². The molecule has 0 spiro atoms. The summed E-state index contributed by atoms with van der Waals surface area (Å²) in [6.07, 6.45) is 1.73. The van der Waals surface area contributed by atoms with E-state index in [1.54, 1.807) is 19.1 Å². The fourth-order valence-electron chi connectivity index (χ4n) is 2.75. The van der Waals surface area contributed by atoms with Gasteiger partial charge in [0.2, 0.25) is 15.9 Å². The lowest BCUT2D eigenvalue weighted by molar-refractivity contribution is -0.122. The van der Waals surface area contributed by atoms with Crippen LogP contribution in [-0.2, 0) is 21.2 Å². The number of rotatable bonds is 8. The number of carbonyl (C=O) groups excluding carboxylic acids is 1. The first-order valence-corrected chi connectivity index (χ1v) is 10.3. The zero-order chi connectivity index (χ0) is 20.0. The molecule has 1 amide bonds. The highest BCUT2D eigenvalue weighted by molar-refractivity contribution is 7.92. The number of hydrogen-bond acceptors (Lipinski definition) is 3. The molecule has 0 aliphatic heterocycles. The molecule has 27 heavy (non-hydrogen) atoms. The predicted molar refractivity (Wildman–Crippen MR) is 101 cm³/mol. The lowest BCUT2D eigenvalue weighted by Crippen LogP contribution is -2.49. The number of sulfonamides is 1. The summed E-state index contributed by atoms with van der Waals surface area (Å²) in [5.74, 6) is -1.28. The van der Waals surface area contributed by atoms with Crippen LogP contribution in [-0.4, -0.2) is 33.2 Å². The van der Waals surface area contributed by atoms with E-state index >= 15 is 0 Å². The average Bonchev–Trinajstić information content (AvgIpc) is 2.61. The van der Waals surface area contributed by atoms with E-state index in [0.717, 1.165) is 28.3 Å². The Kier molecular flexibility index (Phi) is 6.90. The van der Waals surface area contributed by atoms with Gasteiger partial charge in [0.25, 0.3) is 0 Å². The van der Waals surface area contributed by atoms with Gasteiger partial charge in [0.15, 0.2) is 0 Å². The van der Waals surface area contributed by atoms with Crippen molar-refractivity contribution in [1.82, 2.24) is 5.32 Å². The van der Waals surface area contributed by atoms with Gasteiger partial charge in [-0.15, -0.1) is 0 Å². The van der Waals surface area contributed by atoms with Crippen molar-refractivity contribution in [1.29, 1.82) is 0 Å². The molecular formula is C19H22F2N2O3S. The molecule has 1 N–H and O–H groups in total. The molecule has 0 aromatic heterocycles. The number of nitrogens with one attached hydrogen (secondary N) is 1. The molecule has 146 valence electrons. The van der Waals surface area contributed by atoms with Gasteiger partial charge in [-0.25, -0.2) is 17.2 Å². The first-order chi connectivity index (χ1) is 12.7. The third-order valence-electron chi connectivity index (χ3n) is 4.04. The maximum absolute atomic E-state index is 13.2. The monoisotopic (exact) mass is 396 g/mol. The molecule has 5 nitrogen and oxygen atoms in total. The molecule has 8 heteroatoms. The van der Waals surface area contributed by atoms with Gasteiger partial charge < -0.3 is 5.32 Å². The summed E-state index contributed by atoms with van der Waals surface area (Å²) in [5.41, 5.74) is 1.07. The number of anilines is 1. The zero-order valence-corrected chi connectivity index (χ0v) is 16.0. The van der Waals surface area contributed by atoms with Crippen LogP contribution in [0.5, 0.6) is 0 Å². The van der Waals surface area contributed by atoms with E-state index in [2.05, 4.69) is 5.32 Å². The Bertz CT molecular complexity index is 869. The summed E-state index contributed by atoms with van der Waals surface area (Å²) < 4.78 is 51.6. The Labute approximate surface area is 158 Å². The SMILES string of the molecule is CC[C@H](C(=O)NCCc1ccc(F)cc1)N(c1ccc(F)cc1)S(C)(=O)=O. The highest BCUT2D eigenvalue weighted by Gasteiger charge is 2.31. The van der Waals surface area contributed by atoms with Crippen molar-refractivity contribution < 1.29 is 22.0 Å². The summed E-state index contributed by atoms with van der Waals surface area (Å²) in [4.78, 5) is 12.6. The van der Waals surface area contributed by atoms with Crippen LogP contribution in [0.2, 0.25) is 0 Å². The van der Waals surface area contributed by atoms with Crippen molar-refractivity contribution in [3.05, 3.63) is 65.7 Å². The minimum absolute atomic E-state index is 0.222. The fraction of sp³-hybridized carbons (Fsp3) is 0.316. The molecule has 2 aromatic carbocycles. The van der Waals surface area contributed by atoms with E-state index in [0.29, 0.717) is 6.42 Å². The van der Waals surface area contributed by atoms with E-state index < -0.39 is 27.8 Å². The highest BCUT2D eigenvalue weighted by atomic mass is 32.2. The van der Waals surface area contributed by atoms with E-state index in [4.69, 9.17) is 0 Å². The van der Waals surface area contributed by atoms with Gasteiger partial charge in [0, 0.05) is 6.54 Å². The second kappa shape index (κ2) is 8.94. The van der Waals surface area contributed by atoms with Gasteiger partial charge in [0.1, 0.15) is 17.7 Å². The molecule has 0 radical (unpaired) electrons. The number of benzene rings is 2. The van der Waals surface area contributed by atoms with Crippen LogP contribution in [0.15, 0.2) is 48.5 Å². The molecule has 0 heterocycles. The number of carbonyl (C=O) groups is 1. The second-order valence-electron chi connectivity index (χ2n) is 6.13. The van der Waals surface area contributed by atoms with Crippen LogP contribution in [0.1, 0.15) is 18.9 Å². The van der Waals surface area contributed by atoms with Crippen molar-refractivity contribution in [2.75, 3.05) is 17.1 Å². The molecule has 2 rings (SSSR count). The van der Waals surface area contributed by atoms with Gasteiger partial charge in [-0.3, -0.25) is 9.10 Å². The second-order valence-corrected chi connectivity index (χ2v) is 7.99. The summed E-state index contributed by atoms with van der Waals surface area (Å²) in [7, 11) is -3.76. The van der Waals surface area contributed by atoms with Crippen molar-refractivity contribution in [3.8, 4) is 0 Å². The number of amides is 1. The van der Waals surface area contributed by atoms with E-state index in [1.165, 1.54) is 24.3 Å². The lowest BCUT2D eigenvalue weighted by atomic mass is 10.1. The number of hydrogen-bond donors (Lipinski definition) is 1. The third-order valence-corrected chi connectivity index (χ3v) is 5.22. The summed E-state index contributed by atoms with van der Waals surface area (Å²) in [6, 6.07) is 9.91. The number of nitrogens with zero attached hydrogens (tertiary/aromatic N) is 1. The van der Waals surface area contributed by atoms with Crippen LogP contribution in [0.3, 0.4) is 0 Å². The third kappa shape index (κ3) is 5.75. The molecule has 0 saturated carbocycles. The zero-order valence-electron chi connectivity index (χ0n) is 15.2. The Morgan fingerprint density at radius 2 is 1.56 bits per heavy atom. The van der Waals surface area contributed by atoms with Gasteiger partial charge >= 0.3 is 0 Å². The molecule has 0 aliphatic carbocycles. The molecule has 0 unspecified atom stereocenters. The quantitative estimate of drug-likeness (QED) is 0.746. The lowest BCUT2D eigenvalue weighted by Gasteiger charge is -2.30. The normalized spacial score (nSPS) is 12.4. The first kappa shape index (κ1) is 20.8. The van der Waals surface area contributed by atoms with Gasteiger partial charge in [0.05, 0.1) is 11.9 Å². The smallest absolute Gasteiger partial charge is 0.243 e. The molecule has 2 aromatic rings. The van der Waals surface area contributed by atoms with Crippen LogP contribution >= 0.6 is 0 Å². The minimum Gasteiger partial charge on any atom is -0.354 e. The summed E-state index contributed by atoms with van der Waals surface area (Å²) in [6.45, 7) is 1.98. The Morgan fingerprint density at radius 1 is 1.04 bits per heavy atom. The molecule has 0 fully saturated rings. The van der Waals surface area contributed by atoms with Crippen LogP contribution in [0.25, 0.3) is 0 Å². The summed E-state index contributed by atoms with van der Waals surface area (Å²) >= 11 is 0. The van der Waals surface area contributed by atoms with Gasteiger partial charge in [-0.2, -0.15) is 0 Å². The molecular weight excluding hydrogens is 374 g/mol. The topological polar surface area (TPSA) is 66.5 Å². The fourth-order valence-corrected chi connectivity index (χ4v) is 3.96. The molecule has 0 bridgehead atoms. The molecule has 0 saturated heterocycles. The largest absolute Gasteiger partial charge is 0.354 e. The first-order valence-electron chi connectivity index (χ1n) is 8.49. The standard InChI is InChI=1S/C19H22F2N2O3S/c1-3-18(19(24)22-13-12-14-4-6-15(20)7-5-14)23(27(2,25)26)17-10-8-16(21)9-11-17/h4-11,18H,3,12-13H2,1-2H3,(H,22,24)/t18-/m1/s1.